The van der Waals surface area contributed by atoms with Gasteiger partial charge >= 0.3 is 0 Å². The highest BCUT2D eigenvalue weighted by Gasteiger charge is 2.33. The van der Waals surface area contributed by atoms with Crippen LogP contribution in [-0.2, 0) is 6.54 Å². The van der Waals surface area contributed by atoms with Crippen molar-refractivity contribution in [2.45, 2.75) is 25.1 Å². The summed E-state index contributed by atoms with van der Waals surface area (Å²) in [4.78, 5) is 8.15. The molecule has 0 aliphatic carbocycles. The summed E-state index contributed by atoms with van der Waals surface area (Å²) in [6, 6.07) is 6.41. The number of aromatic nitrogens is 2. The first-order valence-corrected chi connectivity index (χ1v) is 7.20. The first-order valence-electron chi connectivity index (χ1n) is 7.20. The predicted octanol–water partition coefficient (Wildman–Crippen LogP) is 1.58. The lowest BCUT2D eigenvalue weighted by molar-refractivity contribution is 0.164. The van der Waals surface area contributed by atoms with Gasteiger partial charge < -0.3 is 14.5 Å². The number of hydrogen-bond donors (Lipinski definition) is 1. The summed E-state index contributed by atoms with van der Waals surface area (Å²) in [7, 11) is 3.69. The monoisotopic (exact) mass is 306 g/mol. The zero-order valence-corrected chi connectivity index (χ0v) is 12.6. The molecule has 1 fully saturated rings. The van der Waals surface area contributed by atoms with Crippen LogP contribution in [0, 0.1) is 5.82 Å². The molecule has 1 N–H and O–H groups in total. The van der Waals surface area contributed by atoms with Gasteiger partial charge in [0.15, 0.2) is 0 Å². The van der Waals surface area contributed by atoms with Gasteiger partial charge in [0.25, 0.3) is 5.95 Å². The molecule has 2 unspecified atom stereocenters. The van der Waals surface area contributed by atoms with Gasteiger partial charge in [-0.25, -0.2) is 4.39 Å². The highest BCUT2D eigenvalue weighted by molar-refractivity contribution is 5.24. The number of β-amino-alcohol motifs (C(OH)–C–C–N with tert-alkyl or cyclic N) is 1. The molecule has 1 aliphatic heterocycles. The molecule has 0 spiro atoms. The highest BCUT2D eigenvalue weighted by atomic mass is 19.1. The number of rotatable bonds is 4. The summed E-state index contributed by atoms with van der Waals surface area (Å²) >= 11 is 0. The molecule has 0 saturated carbocycles. The van der Waals surface area contributed by atoms with E-state index in [1.54, 1.807) is 17.0 Å². The summed E-state index contributed by atoms with van der Waals surface area (Å²) in [6.45, 7) is 0.988. The van der Waals surface area contributed by atoms with Crippen molar-refractivity contribution in [2.24, 2.45) is 0 Å². The van der Waals surface area contributed by atoms with Gasteiger partial charge in [0.05, 0.1) is 12.6 Å². The molecule has 0 bridgehead atoms. The van der Waals surface area contributed by atoms with E-state index in [9.17, 15) is 9.50 Å². The molecular formula is C15H19FN4O2. The third kappa shape index (κ3) is 3.10. The van der Waals surface area contributed by atoms with Crippen LogP contribution in [0.4, 0.5) is 10.3 Å². The van der Waals surface area contributed by atoms with Crippen LogP contribution in [-0.4, -0.2) is 46.9 Å². The minimum atomic E-state index is -0.411. The molecule has 1 saturated heterocycles. The summed E-state index contributed by atoms with van der Waals surface area (Å²) in [5.41, 5.74) is 0.977. The van der Waals surface area contributed by atoms with Crippen LogP contribution in [0.5, 0.6) is 0 Å². The number of nitrogens with zero attached hydrogens (tertiary/aromatic N) is 4. The second kappa shape index (κ2) is 6.02. The first-order chi connectivity index (χ1) is 10.5. The van der Waals surface area contributed by atoms with Gasteiger partial charge in [0, 0.05) is 26.7 Å². The summed E-state index contributed by atoms with van der Waals surface area (Å²) in [5.74, 6) is 0.763. The summed E-state index contributed by atoms with van der Waals surface area (Å²) in [5, 5.41) is 13.9. The number of likely N-dealkylation sites (tertiary alicyclic amines) is 1. The van der Waals surface area contributed by atoms with Gasteiger partial charge in [-0.2, -0.15) is 4.98 Å². The summed E-state index contributed by atoms with van der Waals surface area (Å²) < 4.78 is 18.3. The first kappa shape index (κ1) is 14.9. The van der Waals surface area contributed by atoms with E-state index in [2.05, 4.69) is 15.0 Å². The van der Waals surface area contributed by atoms with E-state index < -0.39 is 6.10 Å². The van der Waals surface area contributed by atoms with Crippen molar-refractivity contribution in [2.75, 3.05) is 25.5 Å². The molecule has 6 nitrogen and oxygen atoms in total. The molecule has 2 aromatic rings. The van der Waals surface area contributed by atoms with Crippen LogP contribution in [0.25, 0.3) is 0 Å². The lowest BCUT2D eigenvalue weighted by atomic mass is 10.0. The second-order valence-corrected chi connectivity index (χ2v) is 5.77. The van der Waals surface area contributed by atoms with E-state index in [0.29, 0.717) is 31.3 Å². The van der Waals surface area contributed by atoms with Crippen molar-refractivity contribution < 1.29 is 14.0 Å². The van der Waals surface area contributed by atoms with Gasteiger partial charge in [-0.1, -0.05) is 12.1 Å². The zero-order chi connectivity index (χ0) is 15.7. The van der Waals surface area contributed by atoms with Crippen LogP contribution in [0.3, 0.4) is 0 Å². The van der Waals surface area contributed by atoms with Crippen molar-refractivity contribution in [1.82, 2.24) is 15.0 Å². The molecule has 118 valence electrons. The van der Waals surface area contributed by atoms with Gasteiger partial charge in [-0.15, -0.1) is 0 Å². The van der Waals surface area contributed by atoms with E-state index in [1.807, 2.05) is 14.1 Å². The fourth-order valence-electron chi connectivity index (χ4n) is 2.75. The Labute approximate surface area is 128 Å². The van der Waals surface area contributed by atoms with E-state index in [0.717, 1.165) is 5.56 Å². The molecule has 1 aromatic heterocycles. The molecule has 1 aliphatic rings. The maximum absolute atomic E-state index is 13.1. The molecular weight excluding hydrogens is 287 g/mol. The van der Waals surface area contributed by atoms with Crippen LogP contribution in [0.1, 0.15) is 23.9 Å². The second-order valence-electron chi connectivity index (χ2n) is 5.77. The van der Waals surface area contributed by atoms with Gasteiger partial charge in [0.1, 0.15) is 5.82 Å². The number of halogens is 1. The lowest BCUT2D eigenvalue weighted by Crippen LogP contribution is -2.24. The molecule has 2 atom stereocenters. The topological polar surface area (TPSA) is 65.6 Å². The quantitative estimate of drug-likeness (QED) is 0.925. The zero-order valence-electron chi connectivity index (χ0n) is 12.6. The number of aliphatic hydroxyl groups is 1. The maximum atomic E-state index is 13.1. The normalized spacial score (nSPS) is 22.2. The molecule has 2 heterocycles. The number of aliphatic hydroxyl groups excluding tert-OH is 1. The molecule has 0 radical (unpaired) electrons. The smallest absolute Gasteiger partial charge is 0.265 e. The standard InChI is InChI=1S/C15H19FN4O2/c1-19(2)15-17-14(22-18-15)9-20-8-12(21)7-13(20)10-3-5-11(16)6-4-10/h3-6,12-13,21H,7-9H2,1-2H3. The lowest BCUT2D eigenvalue weighted by Gasteiger charge is -2.22. The van der Waals surface area contributed by atoms with Crippen molar-refractivity contribution in [3.05, 3.63) is 41.5 Å². The Balaban J connectivity index is 1.76. The molecule has 1 aromatic carbocycles. The van der Waals surface area contributed by atoms with Crippen molar-refractivity contribution in [1.29, 1.82) is 0 Å². The molecule has 22 heavy (non-hydrogen) atoms. The number of anilines is 1. The molecule has 7 heteroatoms. The maximum Gasteiger partial charge on any atom is 0.265 e. The van der Waals surface area contributed by atoms with E-state index >= 15 is 0 Å². The average Bonchev–Trinajstić information content (AvgIpc) is 3.07. The molecule has 3 rings (SSSR count). The van der Waals surface area contributed by atoms with Gasteiger partial charge in [-0.3, -0.25) is 4.90 Å². The van der Waals surface area contributed by atoms with Crippen LogP contribution < -0.4 is 4.90 Å². The van der Waals surface area contributed by atoms with Gasteiger partial charge in [0.2, 0.25) is 5.89 Å². The predicted molar refractivity (Wildman–Crippen MR) is 78.8 cm³/mol. The van der Waals surface area contributed by atoms with E-state index in [-0.39, 0.29) is 11.9 Å². The Morgan fingerprint density at radius 3 is 2.73 bits per heavy atom. The number of hydrogen-bond acceptors (Lipinski definition) is 6. The minimum absolute atomic E-state index is 0.0188. The third-order valence-electron chi connectivity index (χ3n) is 3.83. The SMILES string of the molecule is CN(C)c1noc(CN2CC(O)CC2c2ccc(F)cc2)n1. The van der Waals surface area contributed by atoms with Gasteiger partial charge in [-0.05, 0) is 29.3 Å². The number of benzene rings is 1. The Bertz CT molecular complexity index is 629. The highest BCUT2D eigenvalue weighted by Crippen LogP contribution is 2.33. The largest absolute Gasteiger partial charge is 0.392 e. The van der Waals surface area contributed by atoms with E-state index in [1.165, 1.54) is 12.1 Å². The van der Waals surface area contributed by atoms with Crippen LogP contribution in [0.15, 0.2) is 28.8 Å². The van der Waals surface area contributed by atoms with Crippen molar-refractivity contribution in [3.63, 3.8) is 0 Å². The van der Waals surface area contributed by atoms with E-state index in [4.69, 9.17) is 4.52 Å². The Morgan fingerprint density at radius 1 is 1.36 bits per heavy atom. The van der Waals surface area contributed by atoms with Crippen molar-refractivity contribution in [3.8, 4) is 0 Å². The molecule has 0 amide bonds. The third-order valence-corrected chi connectivity index (χ3v) is 3.83. The Hall–Kier alpha value is -1.99. The average molecular weight is 306 g/mol. The Morgan fingerprint density at radius 2 is 2.09 bits per heavy atom. The summed E-state index contributed by atoms with van der Waals surface area (Å²) in [6.07, 6.45) is 0.201. The van der Waals surface area contributed by atoms with Crippen LogP contribution in [0.2, 0.25) is 0 Å². The van der Waals surface area contributed by atoms with Crippen molar-refractivity contribution >= 4 is 5.95 Å². The minimum Gasteiger partial charge on any atom is -0.392 e. The Kier molecular flexibility index (Phi) is 4.08. The fraction of sp³-hybridized carbons (Fsp3) is 0.467. The van der Waals surface area contributed by atoms with Crippen LogP contribution >= 0.6 is 0 Å². The fourth-order valence-corrected chi connectivity index (χ4v) is 2.75.